The molecule has 0 heterocycles. The van der Waals surface area contributed by atoms with Crippen LogP contribution in [-0.2, 0) is 0 Å². The SMILES string of the molecule is CCOc1cc(N)cc(C(=O)N(C)CCCO)c1. The first-order chi connectivity index (χ1) is 8.58. The van der Waals surface area contributed by atoms with Crippen molar-refractivity contribution in [3.05, 3.63) is 23.8 Å². The fourth-order valence-corrected chi connectivity index (χ4v) is 1.63. The average Bonchev–Trinajstić information content (AvgIpc) is 2.34. The molecule has 18 heavy (non-hydrogen) atoms. The number of benzene rings is 1. The zero-order valence-corrected chi connectivity index (χ0v) is 10.8. The quantitative estimate of drug-likeness (QED) is 0.744. The summed E-state index contributed by atoms with van der Waals surface area (Å²) in [6, 6.07) is 4.99. The molecule has 100 valence electrons. The number of anilines is 1. The van der Waals surface area contributed by atoms with Crippen LogP contribution in [0.3, 0.4) is 0 Å². The highest BCUT2D eigenvalue weighted by molar-refractivity contribution is 5.95. The Bertz CT molecular complexity index is 407. The van der Waals surface area contributed by atoms with Gasteiger partial charge in [-0.15, -0.1) is 0 Å². The second-order valence-corrected chi connectivity index (χ2v) is 4.03. The molecule has 0 radical (unpaired) electrons. The largest absolute Gasteiger partial charge is 0.494 e. The molecular formula is C13H20N2O3. The summed E-state index contributed by atoms with van der Waals surface area (Å²) in [7, 11) is 1.70. The van der Waals surface area contributed by atoms with Crippen molar-refractivity contribution in [3.8, 4) is 5.75 Å². The van der Waals surface area contributed by atoms with Crippen molar-refractivity contribution in [2.45, 2.75) is 13.3 Å². The number of hydrogen-bond acceptors (Lipinski definition) is 4. The first-order valence-electron chi connectivity index (χ1n) is 5.98. The van der Waals surface area contributed by atoms with Crippen LogP contribution in [0, 0.1) is 0 Å². The summed E-state index contributed by atoms with van der Waals surface area (Å²) in [5, 5.41) is 8.75. The van der Waals surface area contributed by atoms with Gasteiger partial charge in [0.25, 0.3) is 5.91 Å². The number of nitrogens with zero attached hydrogens (tertiary/aromatic N) is 1. The van der Waals surface area contributed by atoms with E-state index in [-0.39, 0.29) is 12.5 Å². The van der Waals surface area contributed by atoms with E-state index in [1.54, 1.807) is 30.1 Å². The van der Waals surface area contributed by atoms with Gasteiger partial charge in [-0.1, -0.05) is 0 Å². The van der Waals surface area contributed by atoms with Crippen LogP contribution in [0.2, 0.25) is 0 Å². The van der Waals surface area contributed by atoms with Gasteiger partial charge in [-0.25, -0.2) is 0 Å². The van der Waals surface area contributed by atoms with Crippen LogP contribution in [0.15, 0.2) is 18.2 Å². The second kappa shape index (κ2) is 6.86. The van der Waals surface area contributed by atoms with Crippen molar-refractivity contribution in [3.63, 3.8) is 0 Å². The van der Waals surface area contributed by atoms with Crippen LogP contribution < -0.4 is 10.5 Å². The van der Waals surface area contributed by atoms with Crippen LogP contribution >= 0.6 is 0 Å². The zero-order valence-electron chi connectivity index (χ0n) is 10.8. The van der Waals surface area contributed by atoms with E-state index in [0.29, 0.717) is 36.6 Å². The predicted octanol–water partition coefficient (Wildman–Crippen LogP) is 1.12. The Hall–Kier alpha value is -1.75. The minimum atomic E-state index is -0.128. The van der Waals surface area contributed by atoms with Crippen molar-refractivity contribution in [1.82, 2.24) is 4.90 Å². The van der Waals surface area contributed by atoms with Gasteiger partial charge in [0.2, 0.25) is 0 Å². The highest BCUT2D eigenvalue weighted by Gasteiger charge is 2.13. The Morgan fingerprint density at radius 2 is 2.17 bits per heavy atom. The molecule has 1 aromatic rings. The van der Waals surface area contributed by atoms with E-state index in [9.17, 15) is 4.79 Å². The van der Waals surface area contributed by atoms with Crippen LogP contribution in [0.25, 0.3) is 0 Å². The molecule has 0 saturated carbocycles. The lowest BCUT2D eigenvalue weighted by Gasteiger charge is -2.17. The lowest BCUT2D eigenvalue weighted by atomic mass is 10.1. The molecule has 5 nitrogen and oxygen atoms in total. The lowest BCUT2D eigenvalue weighted by Crippen LogP contribution is -2.28. The third-order valence-corrected chi connectivity index (χ3v) is 2.49. The maximum atomic E-state index is 12.1. The molecule has 3 N–H and O–H groups in total. The number of aliphatic hydroxyl groups excluding tert-OH is 1. The number of carbonyl (C=O) groups excluding carboxylic acids is 1. The number of nitrogens with two attached hydrogens (primary N) is 1. The van der Waals surface area contributed by atoms with Crippen molar-refractivity contribution in [1.29, 1.82) is 0 Å². The van der Waals surface area contributed by atoms with Gasteiger partial charge in [-0.2, -0.15) is 0 Å². The van der Waals surface area contributed by atoms with E-state index < -0.39 is 0 Å². The van der Waals surface area contributed by atoms with E-state index in [2.05, 4.69) is 0 Å². The average molecular weight is 252 g/mol. The summed E-state index contributed by atoms with van der Waals surface area (Å²) in [5.41, 5.74) is 6.74. The molecule has 1 aromatic carbocycles. The number of nitrogen functional groups attached to an aromatic ring is 1. The molecule has 0 bridgehead atoms. The van der Waals surface area contributed by atoms with E-state index in [0.717, 1.165) is 0 Å². The van der Waals surface area contributed by atoms with Crippen LogP contribution in [0.5, 0.6) is 5.75 Å². The first kappa shape index (κ1) is 14.3. The maximum Gasteiger partial charge on any atom is 0.253 e. The third-order valence-electron chi connectivity index (χ3n) is 2.49. The Morgan fingerprint density at radius 3 is 2.78 bits per heavy atom. The van der Waals surface area contributed by atoms with Crippen molar-refractivity contribution in [2.75, 3.05) is 32.5 Å². The van der Waals surface area contributed by atoms with Crippen molar-refractivity contribution < 1.29 is 14.6 Å². The highest BCUT2D eigenvalue weighted by Crippen LogP contribution is 2.20. The molecule has 1 rings (SSSR count). The van der Waals surface area contributed by atoms with E-state index in [1.165, 1.54) is 0 Å². The van der Waals surface area contributed by atoms with Crippen LogP contribution in [-0.4, -0.2) is 42.7 Å². The fourth-order valence-electron chi connectivity index (χ4n) is 1.63. The topological polar surface area (TPSA) is 75.8 Å². The van der Waals surface area contributed by atoms with Gasteiger partial charge in [0.15, 0.2) is 0 Å². The smallest absolute Gasteiger partial charge is 0.253 e. The Balaban J connectivity index is 2.84. The van der Waals surface area contributed by atoms with Gasteiger partial charge < -0.3 is 20.5 Å². The molecule has 0 aliphatic heterocycles. The van der Waals surface area contributed by atoms with E-state index >= 15 is 0 Å². The molecule has 0 atom stereocenters. The summed E-state index contributed by atoms with van der Waals surface area (Å²) < 4.78 is 5.35. The summed E-state index contributed by atoms with van der Waals surface area (Å²) in [4.78, 5) is 13.6. The van der Waals surface area contributed by atoms with Crippen LogP contribution in [0.1, 0.15) is 23.7 Å². The minimum absolute atomic E-state index is 0.0682. The molecule has 0 fully saturated rings. The standard InChI is InChI=1S/C13H20N2O3/c1-3-18-12-8-10(7-11(14)9-12)13(17)15(2)5-4-6-16/h7-9,16H,3-6,14H2,1-2H3. The number of amides is 1. The molecule has 0 spiro atoms. The second-order valence-electron chi connectivity index (χ2n) is 4.03. The van der Waals surface area contributed by atoms with E-state index in [1.807, 2.05) is 6.92 Å². The highest BCUT2D eigenvalue weighted by atomic mass is 16.5. The minimum Gasteiger partial charge on any atom is -0.494 e. The number of aliphatic hydroxyl groups is 1. The summed E-state index contributed by atoms with van der Waals surface area (Å²) in [5.74, 6) is 0.466. The number of ether oxygens (including phenoxy) is 1. The van der Waals surface area contributed by atoms with Crippen molar-refractivity contribution >= 4 is 11.6 Å². The Labute approximate surface area is 107 Å². The Morgan fingerprint density at radius 1 is 1.44 bits per heavy atom. The normalized spacial score (nSPS) is 10.2. The molecule has 0 aliphatic rings. The third kappa shape index (κ3) is 3.92. The van der Waals surface area contributed by atoms with E-state index in [4.69, 9.17) is 15.6 Å². The lowest BCUT2D eigenvalue weighted by molar-refractivity contribution is 0.0786. The molecular weight excluding hydrogens is 232 g/mol. The van der Waals surface area contributed by atoms with Gasteiger partial charge in [0.1, 0.15) is 5.75 Å². The summed E-state index contributed by atoms with van der Waals surface area (Å²) >= 11 is 0. The Kier molecular flexibility index (Phi) is 5.45. The van der Waals surface area contributed by atoms with Gasteiger partial charge >= 0.3 is 0 Å². The summed E-state index contributed by atoms with van der Waals surface area (Å²) in [6.07, 6.45) is 0.558. The van der Waals surface area contributed by atoms with Crippen molar-refractivity contribution in [2.24, 2.45) is 0 Å². The van der Waals surface area contributed by atoms with Gasteiger partial charge in [-0.3, -0.25) is 4.79 Å². The van der Waals surface area contributed by atoms with Gasteiger partial charge in [-0.05, 0) is 25.5 Å². The first-order valence-corrected chi connectivity index (χ1v) is 5.98. The molecule has 1 amide bonds. The zero-order chi connectivity index (χ0) is 13.5. The predicted molar refractivity (Wildman–Crippen MR) is 70.7 cm³/mol. The molecule has 0 saturated heterocycles. The molecule has 0 aromatic heterocycles. The van der Waals surface area contributed by atoms with Gasteiger partial charge in [0, 0.05) is 37.5 Å². The van der Waals surface area contributed by atoms with Gasteiger partial charge in [0.05, 0.1) is 6.61 Å². The molecule has 5 heteroatoms. The maximum absolute atomic E-state index is 12.1. The molecule has 0 aliphatic carbocycles. The monoisotopic (exact) mass is 252 g/mol. The fraction of sp³-hybridized carbons (Fsp3) is 0.462. The number of hydrogen-bond donors (Lipinski definition) is 2. The molecule has 0 unspecified atom stereocenters. The summed E-state index contributed by atoms with van der Waals surface area (Å²) in [6.45, 7) is 2.97. The number of carbonyl (C=O) groups is 1. The number of rotatable bonds is 6. The van der Waals surface area contributed by atoms with Crippen LogP contribution in [0.4, 0.5) is 5.69 Å².